The minimum absolute atomic E-state index is 0.0841. The normalized spacial score (nSPS) is 11.7. The Labute approximate surface area is 132 Å². The van der Waals surface area contributed by atoms with Gasteiger partial charge in [-0.3, -0.25) is 14.6 Å². The van der Waals surface area contributed by atoms with Crippen LogP contribution in [0.25, 0.3) is 0 Å². The number of nitrogens with zero attached hydrogens (tertiary/aromatic N) is 1. The maximum absolute atomic E-state index is 12.1. The summed E-state index contributed by atoms with van der Waals surface area (Å²) in [6, 6.07) is 6.66. The monoisotopic (exact) mass is 317 g/mol. The van der Waals surface area contributed by atoms with Crippen molar-refractivity contribution >= 4 is 17.5 Å². The number of rotatable bonds is 6. The largest absolute Gasteiger partial charge is 0.345 e. The highest BCUT2D eigenvalue weighted by Gasteiger charge is 2.12. The van der Waals surface area contributed by atoms with Crippen LogP contribution in [0.5, 0.6) is 0 Å². The molecule has 0 radical (unpaired) electrons. The van der Waals surface area contributed by atoms with Crippen LogP contribution in [-0.2, 0) is 11.3 Å². The van der Waals surface area contributed by atoms with E-state index in [1.165, 1.54) is 0 Å². The Bertz CT molecular complexity index is 749. The summed E-state index contributed by atoms with van der Waals surface area (Å²) in [6.07, 6.45) is 0.744. The van der Waals surface area contributed by atoms with E-state index < -0.39 is 5.69 Å². The van der Waals surface area contributed by atoms with E-state index in [0.717, 1.165) is 6.42 Å². The Morgan fingerprint density at radius 1 is 1.35 bits per heavy atom. The van der Waals surface area contributed by atoms with Gasteiger partial charge in [-0.15, -0.1) is 0 Å². The molecule has 2 amide bonds. The number of H-pyrrole nitrogens is 2. The number of carbonyl (C=O) groups excluding carboxylic acids is 2. The summed E-state index contributed by atoms with van der Waals surface area (Å²) in [5.41, 5.74) is 0.546. The minimum atomic E-state index is -0.427. The smallest absolute Gasteiger partial charge is 0.340 e. The SMILES string of the molecule is CC[C@H](C)C(=O)Nc1cccc(C(=O)NCc2n[nH]c(=O)[nH]2)c1. The van der Waals surface area contributed by atoms with E-state index in [0.29, 0.717) is 17.1 Å². The second-order valence-electron chi connectivity index (χ2n) is 5.19. The first-order valence-electron chi connectivity index (χ1n) is 7.32. The molecule has 0 saturated carbocycles. The van der Waals surface area contributed by atoms with Gasteiger partial charge in [-0.2, -0.15) is 5.10 Å². The number of nitrogens with one attached hydrogen (secondary N) is 4. The van der Waals surface area contributed by atoms with E-state index in [1.807, 2.05) is 13.8 Å². The van der Waals surface area contributed by atoms with Crippen LogP contribution in [0.2, 0.25) is 0 Å². The third-order valence-corrected chi connectivity index (χ3v) is 3.42. The van der Waals surface area contributed by atoms with E-state index in [9.17, 15) is 14.4 Å². The van der Waals surface area contributed by atoms with Crippen LogP contribution in [0.4, 0.5) is 5.69 Å². The summed E-state index contributed by atoms with van der Waals surface area (Å²) in [6.45, 7) is 3.88. The van der Waals surface area contributed by atoms with Crippen LogP contribution < -0.4 is 16.3 Å². The first kappa shape index (κ1) is 16.5. The molecule has 23 heavy (non-hydrogen) atoms. The Hall–Kier alpha value is -2.90. The van der Waals surface area contributed by atoms with Gasteiger partial charge in [0, 0.05) is 17.2 Å². The molecule has 122 valence electrons. The molecule has 1 heterocycles. The predicted molar refractivity (Wildman–Crippen MR) is 84.9 cm³/mol. The Morgan fingerprint density at radius 2 is 2.13 bits per heavy atom. The summed E-state index contributed by atoms with van der Waals surface area (Å²) < 4.78 is 0. The van der Waals surface area contributed by atoms with Crippen LogP contribution in [0.3, 0.4) is 0 Å². The predicted octanol–water partition coefficient (Wildman–Crippen LogP) is 1.01. The lowest BCUT2D eigenvalue weighted by Gasteiger charge is -2.11. The average molecular weight is 317 g/mol. The third kappa shape index (κ3) is 4.53. The van der Waals surface area contributed by atoms with E-state index >= 15 is 0 Å². The molecule has 1 atom stereocenters. The van der Waals surface area contributed by atoms with Crippen molar-refractivity contribution in [3.8, 4) is 0 Å². The number of benzene rings is 1. The average Bonchev–Trinajstić information content (AvgIpc) is 2.97. The zero-order valence-corrected chi connectivity index (χ0v) is 13.0. The maximum Gasteiger partial charge on any atom is 0.340 e. The van der Waals surface area contributed by atoms with Gasteiger partial charge in [-0.1, -0.05) is 19.9 Å². The van der Waals surface area contributed by atoms with Gasteiger partial charge >= 0.3 is 5.69 Å². The van der Waals surface area contributed by atoms with Gasteiger partial charge in [0.2, 0.25) is 5.91 Å². The lowest BCUT2D eigenvalue weighted by molar-refractivity contribution is -0.119. The molecule has 8 heteroatoms. The fourth-order valence-corrected chi connectivity index (χ4v) is 1.84. The van der Waals surface area contributed by atoms with Crippen molar-refractivity contribution in [2.75, 3.05) is 5.32 Å². The maximum atomic E-state index is 12.1. The van der Waals surface area contributed by atoms with E-state index in [-0.39, 0.29) is 24.3 Å². The van der Waals surface area contributed by atoms with Crippen molar-refractivity contribution in [2.45, 2.75) is 26.8 Å². The van der Waals surface area contributed by atoms with Gasteiger partial charge < -0.3 is 10.6 Å². The molecule has 0 spiro atoms. The number of hydrogen-bond donors (Lipinski definition) is 4. The molecule has 0 bridgehead atoms. The Kier molecular flexibility index (Phi) is 5.29. The summed E-state index contributed by atoms with van der Waals surface area (Å²) in [5.74, 6) is -0.166. The van der Waals surface area contributed by atoms with Gasteiger partial charge in [-0.25, -0.2) is 9.89 Å². The second kappa shape index (κ2) is 7.39. The van der Waals surface area contributed by atoms with E-state index in [2.05, 4.69) is 25.8 Å². The molecule has 4 N–H and O–H groups in total. The van der Waals surface area contributed by atoms with E-state index in [1.54, 1.807) is 24.3 Å². The van der Waals surface area contributed by atoms with Crippen molar-refractivity contribution in [2.24, 2.45) is 5.92 Å². The number of amides is 2. The first-order valence-corrected chi connectivity index (χ1v) is 7.32. The number of anilines is 1. The van der Waals surface area contributed by atoms with Gasteiger partial charge in [0.25, 0.3) is 5.91 Å². The molecule has 0 aliphatic carbocycles. The molecule has 8 nitrogen and oxygen atoms in total. The summed E-state index contributed by atoms with van der Waals surface area (Å²) >= 11 is 0. The number of aromatic amines is 2. The van der Waals surface area contributed by atoms with Gasteiger partial charge in [0.1, 0.15) is 5.82 Å². The van der Waals surface area contributed by atoms with Crippen LogP contribution in [-0.4, -0.2) is 27.0 Å². The highest BCUT2D eigenvalue weighted by molar-refractivity contribution is 5.97. The van der Waals surface area contributed by atoms with Crippen LogP contribution in [0, 0.1) is 5.92 Å². The number of carbonyl (C=O) groups is 2. The molecule has 2 rings (SSSR count). The third-order valence-electron chi connectivity index (χ3n) is 3.42. The quantitative estimate of drug-likeness (QED) is 0.635. The van der Waals surface area contributed by atoms with E-state index in [4.69, 9.17) is 0 Å². The molecular weight excluding hydrogens is 298 g/mol. The summed E-state index contributed by atoms with van der Waals surface area (Å²) in [7, 11) is 0. The van der Waals surface area contributed by atoms with Gasteiger partial charge in [0.15, 0.2) is 0 Å². The molecule has 0 unspecified atom stereocenters. The lowest BCUT2D eigenvalue weighted by atomic mass is 10.1. The minimum Gasteiger partial charge on any atom is -0.345 e. The Morgan fingerprint density at radius 3 is 2.78 bits per heavy atom. The van der Waals surface area contributed by atoms with Crippen molar-refractivity contribution in [3.05, 3.63) is 46.1 Å². The fourth-order valence-electron chi connectivity index (χ4n) is 1.84. The van der Waals surface area contributed by atoms with Crippen molar-refractivity contribution in [3.63, 3.8) is 0 Å². The highest BCUT2D eigenvalue weighted by atomic mass is 16.2. The molecule has 0 fully saturated rings. The lowest BCUT2D eigenvalue weighted by Crippen LogP contribution is -2.24. The molecule has 0 aliphatic heterocycles. The molecule has 2 aromatic rings. The zero-order valence-electron chi connectivity index (χ0n) is 13.0. The van der Waals surface area contributed by atoms with Crippen molar-refractivity contribution in [1.82, 2.24) is 20.5 Å². The van der Waals surface area contributed by atoms with Gasteiger partial charge in [0.05, 0.1) is 6.54 Å². The standard InChI is InChI=1S/C15H19N5O3/c1-3-9(2)13(21)17-11-6-4-5-10(7-11)14(22)16-8-12-18-15(23)20-19-12/h4-7,9H,3,8H2,1-2H3,(H,16,22)(H,17,21)(H2,18,19,20,23)/t9-/m0/s1. The van der Waals surface area contributed by atoms with Crippen LogP contribution >= 0.6 is 0 Å². The molecule has 0 aliphatic rings. The van der Waals surface area contributed by atoms with Crippen LogP contribution in [0.15, 0.2) is 29.1 Å². The van der Waals surface area contributed by atoms with Gasteiger partial charge in [-0.05, 0) is 24.6 Å². The Balaban J connectivity index is 1.99. The number of aromatic nitrogens is 3. The molecule has 1 aromatic carbocycles. The second-order valence-corrected chi connectivity index (χ2v) is 5.19. The zero-order chi connectivity index (χ0) is 16.8. The number of hydrogen-bond acceptors (Lipinski definition) is 4. The molecule has 0 saturated heterocycles. The van der Waals surface area contributed by atoms with Crippen molar-refractivity contribution < 1.29 is 9.59 Å². The topological polar surface area (TPSA) is 120 Å². The molecular formula is C15H19N5O3. The van der Waals surface area contributed by atoms with Crippen LogP contribution in [0.1, 0.15) is 36.5 Å². The summed E-state index contributed by atoms with van der Waals surface area (Å²) in [5, 5.41) is 11.3. The first-order chi connectivity index (χ1) is 11.0. The molecule has 1 aromatic heterocycles. The highest BCUT2D eigenvalue weighted by Crippen LogP contribution is 2.13. The summed E-state index contributed by atoms with van der Waals surface area (Å²) in [4.78, 5) is 37.3. The van der Waals surface area contributed by atoms with Crippen molar-refractivity contribution in [1.29, 1.82) is 0 Å². The fraction of sp³-hybridized carbons (Fsp3) is 0.333.